The van der Waals surface area contributed by atoms with Gasteiger partial charge in [0.15, 0.2) is 0 Å². The lowest BCUT2D eigenvalue weighted by atomic mass is 9.88. The summed E-state index contributed by atoms with van der Waals surface area (Å²) in [5, 5.41) is 19.6. The Morgan fingerprint density at radius 3 is 1.85 bits per heavy atom. The van der Waals surface area contributed by atoms with Crippen LogP contribution in [0, 0.1) is 17.0 Å². The van der Waals surface area contributed by atoms with Crippen molar-refractivity contribution in [2.75, 3.05) is 0 Å². The molecule has 0 bridgehead atoms. The lowest BCUT2D eigenvalue weighted by molar-refractivity contribution is -0.385. The predicted molar refractivity (Wildman–Crippen MR) is 53.8 cm³/mol. The van der Waals surface area contributed by atoms with E-state index in [9.17, 15) is 36.5 Å². The monoisotopic (exact) mass is 303 g/mol. The fourth-order valence-electron chi connectivity index (χ4n) is 1.63. The molecule has 0 atom stereocenters. The van der Waals surface area contributed by atoms with Crippen molar-refractivity contribution >= 4 is 5.69 Å². The van der Waals surface area contributed by atoms with Gasteiger partial charge in [-0.2, -0.15) is 26.3 Å². The first-order valence-corrected chi connectivity index (χ1v) is 4.93. The fraction of sp³-hybridized carbons (Fsp3) is 0.400. The van der Waals surface area contributed by atoms with Crippen LogP contribution < -0.4 is 0 Å². The van der Waals surface area contributed by atoms with Crippen molar-refractivity contribution in [3.8, 4) is 0 Å². The number of halogens is 6. The zero-order valence-electron chi connectivity index (χ0n) is 9.71. The van der Waals surface area contributed by atoms with E-state index in [1.54, 1.807) is 0 Å². The van der Waals surface area contributed by atoms with E-state index in [0.29, 0.717) is 12.1 Å². The van der Waals surface area contributed by atoms with Gasteiger partial charge in [0.1, 0.15) is 0 Å². The molecular weight excluding hydrogens is 296 g/mol. The summed E-state index contributed by atoms with van der Waals surface area (Å²) in [7, 11) is 0. The molecule has 0 aliphatic carbocycles. The molecule has 0 aliphatic heterocycles. The molecule has 1 aromatic rings. The van der Waals surface area contributed by atoms with Crippen molar-refractivity contribution in [1.82, 2.24) is 0 Å². The van der Waals surface area contributed by atoms with Gasteiger partial charge < -0.3 is 5.11 Å². The number of hydrogen-bond acceptors (Lipinski definition) is 3. The molecule has 112 valence electrons. The Hall–Kier alpha value is -1.84. The van der Waals surface area contributed by atoms with Gasteiger partial charge >= 0.3 is 12.4 Å². The van der Waals surface area contributed by atoms with Gasteiger partial charge in [-0.15, -0.1) is 0 Å². The molecule has 0 spiro atoms. The number of alkyl halides is 6. The van der Waals surface area contributed by atoms with Crippen LogP contribution in [0.2, 0.25) is 0 Å². The molecule has 4 nitrogen and oxygen atoms in total. The van der Waals surface area contributed by atoms with Crippen molar-refractivity contribution in [1.29, 1.82) is 0 Å². The van der Waals surface area contributed by atoms with E-state index in [2.05, 4.69) is 0 Å². The number of nitro benzene ring substituents is 1. The van der Waals surface area contributed by atoms with E-state index in [1.165, 1.54) is 0 Å². The van der Waals surface area contributed by atoms with Crippen molar-refractivity contribution in [2.45, 2.75) is 24.9 Å². The third kappa shape index (κ3) is 2.42. The Kier molecular flexibility index (Phi) is 3.74. The molecule has 0 aromatic heterocycles. The number of non-ortho nitro benzene ring substituents is 1. The van der Waals surface area contributed by atoms with E-state index in [1.807, 2.05) is 0 Å². The van der Waals surface area contributed by atoms with Gasteiger partial charge in [-0.1, -0.05) is 0 Å². The number of aliphatic hydroxyl groups is 1. The maximum absolute atomic E-state index is 12.6. The van der Waals surface area contributed by atoms with Gasteiger partial charge in [0, 0.05) is 17.7 Å². The molecule has 1 rings (SSSR count). The van der Waals surface area contributed by atoms with Crippen molar-refractivity contribution < 1.29 is 36.4 Å². The normalized spacial score (nSPS) is 13.4. The smallest absolute Gasteiger partial charge is 0.369 e. The highest BCUT2D eigenvalue weighted by atomic mass is 19.4. The lowest BCUT2D eigenvalue weighted by Crippen LogP contribution is -2.54. The van der Waals surface area contributed by atoms with Crippen LogP contribution in [-0.4, -0.2) is 22.4 Å². The largest absolute Gasteiger partial charge is 0.430 e. The van der Waals surface area contributed by atoms with Gasteiger partial charge in [0.2, 0.25) is 0 Å². The molecule has 20 heavy (non-hydrogen) atoms. The van der Waals surface area contributed by atoms with Crippen molar-refractivity contribution in [3.63, 3.8) is 0 Å². The van der Waals surface area contributed by atoms with Gasteiger partial charge in [-0.25, -0.2) is 0 Å². The van der Waals surface area contributed by atoms with Crippen LogP contribution in [0.5, 0.6) is 0 Å². The van der Waals surface area contributed by atoms with Crippen molar-refractivity contribution in [2.24, 2.45) is 0 Å². The predicted octanol–water partition coefficient (Wildman–Crippen LogP) is 3.22. The molecule has 0 unspecified atom stereocenters. The Morgan fingerprint density at radius 1 is 1.10 bits per heavy atom. The number of nitrogens with zero attached hydrogens (tertiary/aromatic N) is 1. The average Bonchev–Trinajstić information content (AvgIpc) is 2.24. The number of aryl methyl sites for hydroxylation is 1. The van der Waals surface area contributed by atoms with Gasteiger partial charge in [0.05, 0.1) is 4.92 Å². The first kappa shape index (κ1) is 16.2. The van der Waals surface area contributed by atoms with Crippen LogP contribution in [0.25, 0.3) is 0 Å². The third-order valence-corrected chi connectivity index (χ3v) is 2.63. The van der Waals surface area contributed by atoms with Crippen LogP contribution in [0.1, 0.15) is 11.1 Å². The van der Waals surface area contributed by atoms with Crippen LogP contribution in [0.15, 0.2) is 18.2 Å². The molecule has 0 aliphatic rings. The van der Waals surface area contributed by atoms with Gasteiger partial charge in [-0.3, -0.25) is 10.1 Å². The number of benzene rings is 1. The Labute approximate surface area is 107 Å². The molecule has 10 heteroatoms. The third-order valence-electron chi connectivity index (χ3n) is 2.63. The molecule has 1 N–H and O–H groups in total. The Bertz CT molecular complexity index is 523. The van der Waals surface area contributed by atoms with Crippen molar-refractivity contribution in [3.05, 3.63) is 39.4 Å². The summed E-state index contributed by atoms with van der Waals surface area (Å²) in [5.74, 6) is 0. The minimum absolute atomic E-state index is 0.244. The standard InChI is InChI=1S/C10H7F6NO3/c1-5-4-6(17(19)20)2-3-7(5)8(18,9(11,12)13)10(14,15)16/h2-4,18H,1H3. The van der Waals surface area contributed by atoms with Crippen LogP contribution in [0.4, 0.5) is 32.0 Å². The number of hydrogen-bond donors (Lipinski definition) is 1. The van der Waals surface area contributed by atoms with E-state index in [0.717, 1.165) is 6.92 Å². The summed E-state index contributed by atoms with van der Waals surface area (Å²) >= 11 is 0. The maximum Gasteiger partial charge on any atom is 0.430 e. The average molecular weight is 303 g/mol. The first-order valence-electron chi connectivity index (χ1n) is 4.93. The molecule has 0 fully saturated rings. The minimum atomic E-state index is -6.02. The number of rotatable bonds is 2. The quantitative estimate of drug-likeness (QED) is 0.518. The molecule has 0 saturated heterocycles. The zero-order valence-corrected chi connectivity index (χ0v) is 9.71. The lowest BCUT2D eigenvalue weighted by Gasteiger charge is -2.33. The summed E-state index contributed by atoms with van der Waals surface area (Å²) in [6.45, 7) is 0.810. The van der Waals surface area contributed by atoms with Gasteiger partial charge in [0.25, 0.3) is 11.3 Å². The van der Waals surface area contributed by atoms with E-state index in [-0.39, 0.29) is 6.07 Å². The summed E-state index contributed by atoms with van der Waals surface area (Å²) in [4.78, 5) is 9.43. The van der Waals surface area contributed by atoms with E-state index >= 15 is 0 Å². The second kappa shape index (κ2) is 4.62. The highest BCUT2D eigenvalue weighted by Crippen LogP contribution is 2.51. The molecule has 0 heterocycles. The van der Waals surface area contributed by atoms with Crippen LogP contribution in [-0.2, 0) is 5.60 Å². The molecular formula is C10H7F6NO3. The number of nitro groups is 1. The molecule has 1 aromatic carbocycles. The first-order chi connectivity index (χ1) is 8.82. The zero-order chi connectivity index (χ0) is 15.9. The highest BCUT2D eigenvalue weighted by molar-refractivity contribution is 5.43. The summed E-state index contributed by atoms with van der Waals surface area (Å²) < 4.78 is 75.7. The highest BCUT2D eigenvalue weighted by Gasteiger charge is 2.71. The second-order valence-electron chi connectivity index (χ2n) is 3.96. The topological polar surface area (TPSA) is 63.4 Å². The SMILES string of the molecule is Cc1cc([N+](=O)[O-])ccc1C(O)(C(F)(F)F)C(F)(F)F. The second-order valence-corrected chi connectivity index (χ2v) is 3.96. The Balaban J connectivity index is 3.57. The van der Waals surface area contributed by atoms with Gasteiger partial charge in [-0.05, 0) is 18.6 Å². The minimum Gasteiger partial charge on any atom is -0.369 e. The fourth-order valence-corrected chi connectivity index (χ4v) is 1.63. The maximum atomic E-state index is 12.6. The Morgan fingerprint density at radius 2 is 1.55 bits per heavy atom. The van der Waals surface area contributed by atoms with Crippen LogP contribution in [0.3, 0.4) is 0 Å². The summed E-state index contributed by atoms with van der Waals surface area (Å²) in [6.07, 6.45) is -12.0. The van der Waals surface area contributed by atoms with E-state index in [4.69, 9.17) is 5.11 Å². The summed E-state index contributed by atoms with van der Waals surface area (Å²) in [6, 6.07) is 1.23. The van der Waals surface area contributed by atoms with Crippen LogP contribution >= 0.6 is 0 Å². The van der Waals surface area contributed by atoms with E-state index < -0.39 is 39.7 Å². The molecule has 0 saturated carbocycles. The molecule has 0 amide bonds. The summed E-state index contributed by atoms with van der Waals surface area (Å²) in [5.41, 5.74) is -7.96. The molecule has 0 radical (unpaired) electrons.